The normalized spacial score (nSPS) is 11.8. The molecule has 1 nitrogen and oxygen atoms in total. The molecular formula is C16H23N. The Balaban J connectivity index is 2.62. The van der Waals surface area contributed by atoms with E-state index in [0.29, 0.717) is 6.04 Å². The van der Waals surface area contributed by atoms with E-state index >= 15 is 0 Å². The molecule has 1 heteroatoms. The third-order valence-electron chi connectivity index (χ3n) is 2.97. The summed E-state index contributed by atoms with van der Waals surface area (Å²) in [5.41, 5.74) is 4.12. The van der Waals surface area contributed by atoms with Crippen molar-refractivity contribution in [2.24, 2.45) is 0 Å². The first-order valence-electron chi connectivity index (χ1n) is 6.29. The molecule has 1 atom stereocenters. The number of aryl methyl sites for hydroxylation is 2. The molecule has 0 radical (unpaired) electrons. The lowest BCUT2D eigenvalue weighted by molar-refractivity contribution is 0.527. The van der Waals surface area contributed by atoms with Crippen LogP contribution in [0.1, 0.15) is 36.5 Å². The van der Waals surface area contributed by atoms with Crippen molar-refractivity contribution in [1.29, 1.82) is 0 Å². The minimum Gasteiger partial charge on any atom is -0.317 e. The van der Waals surface area contributed by atoms with Gasteiger partial charge in [-0.25, -0.2) is 0 Å². The largest absolute Gasteiger partial charge is 0.317 e. The Morgan fingerprint density at radius 3 is 2.35 bits per heavy atom. The van der Waals surface area contributed by atoms with Crippen LogP contribution in [0.15, 0.2) is 18.2 Å². The maximum absolute atomic E-state index is 3.38. The molecule has 0 bridgehead atoms. The maximum atomic E-state index is 3.38. The zero-order chi connectivity index (χ0) is 12.7. The van der Waals surface area contributed by atoms with Gasteiger partial charge in [-0.1, -0.05) is 29.3 Å². The summed E-state index contributed by atoms with van der Waals surface area (Å²) >= 11 is 0. The summed E-state index contributed by atoms with van der Waals surface area (Å²) in [6.45, 7) is 6.22. The second kappa shape index (κ2) is 7.14. The van der Waals surface area contributed by atoms with Crippen molar-refractivity contribution in [3.8, 4) is 11.8 Å². The fourth-order valence-corrected chi connectivity index (χ4v) is 2.19. The van der Waals surface area contributed by atoms with Crippen molar-refractivity contribution in [1.82, 2.24) is 5.32 Å². The van der Waals surface area contributed by atoms with Crippen molar-refractivity contribution in [2.45, 2.75) is 46.1 Å². The van der Waals surface area contributed by atoms with Gasteiger partial charge in [-0.3, -0.25) is 0 Å². The molecule has 1 N–H and O–H groups in total. The summed E-state index contributed by atoms with van der Waals surface area (Å²) in [5.74, 6) is 6.08. The first-order valence-corrected chi connectivity index (χ1v) is 6.29. The van der Waals surface area contributed by atoms with Crippen molar-refractivity contribution >= 4 is 0 Å². The summed E-state index contributed by atoms with van der Waals surface area (Å²) in [4.78, 5) is 0. The van der Waals surface area contributed by atoms with Gasteiger partial charge in [-0.15, -0.1) is 11.8 Å². The van der Waals surface area contributed by atoms with Gasteiger partial charge < -0.3 is 5.32 Å². The molecule has 0 aliphatic rings. The molecule has 0 saturated carbocycles. The van der Waals surface area contributed by atoms with E-state index in [-0.39, 0.29) is 0 Å². The van der Waals surface area contributed by atoms with Crippen LogP contribution < -0.4 is 5.32 Å². The molecule has 0 aliphatic carbocycles. The monoisotopic (exact) mass is 229 g/mol. The second-order valence-corrected chi connectivity index (χ2v) is 4.65. The topological polar surface area (TPSA) is 12.0 Å². The van der Waals surface area contributed by atoms with Crippen LogP contribution in [0.25, 0.3) is 0 Å². The van der Waals surface area contributed by atoms with Crippen molar-refractivity contribution in [2.75, 3.05) is 7.05 Å². The third kappa shape index (κ3) is 5.06. The molecule has 0 heterocycles. The molecule has 1 unspecified atom stereocenters. The van der Waals surface area contributed by atoms with Gasteiger partial charge in [0.25, 0.3) is 0 Å². The van der Waals surface area contributed by atoms with E-state index in [1.54, 1.807) is 0 Å². The lowest BCUT2D eigenvalue weighted by atomic mass is 9.99. The van der Waals surface area contributed by atoms with E-state index in [4.69, 9.17) is 0 Å². The van der Waals surface area contributed by atoms with Crippen LogP contribution in [-0.4, -0.2) is 13.1 Å². The lowest BCUT2D eigenvalue weighted by Crippen LogP contribution is -2.27. The Bertz CT molecular complexity index is 389. The van der Waals surface area contributed by atoms with Gasteiger partial charge in [0, 0.05) is 12.5 Å². The molecule has 0 aliphatic heterocycles. The highest BCUT2D eigenvalue weighted by Crippen LogP contribution is 2.12. The van der Waals surface area contributed by atoms with Crippen LogP contribution in [-0.2, 0) is 6.42 Å². The second-order valence-electron chi connectivity index (χ2n) is 4.65. The van der Waals surface area contributed by atoms with Gasteiger partial charge in [0.15, 0.2) is 0 Å². The first-order chi connectivity index (χ1) is 8.15. The zero-order valence-electron chi connectivity index (χ0n) is 11.4. The number of nitrogens with one attached hydrogen (secondary N) is 1. The van der Waals surface area contributed by atoms with Gasteiger partial charge in [0.05, 0.1) is 0 Å². The van der Waals surface area contributed by atoms with Crippen LogP contribution >= 0.6 is 0 Å². The number of rotatable bonds is 5. The molecular weight excluding hydrogens is 206 g/mol. The minimum atomic E-state index is 0.525. The highest BCUT2D eigenvalue weighted by molar-refractivity contribution is 5.29. The number of hydrogen-bond donors (Lipinski definition) is 1. The Hall–Kier alpha value is -1.26. The fraction of sp³-hybridized carbons (Fsp3) is 0.500. The first kappa shape index (κ1) is 13.8. The van der Waals surface area contributed by atoms with E-state index in [1.807, 2.05) is 14.0 Å². The molecule has 0 fully saturated rings. The molecule has 92 valence electrons. The van der Waals surface area contributed by atoms with E-state index in [1.165, 1.54) is 16.7 Å². The highest BCUT2D eigenvalue weighted by Gasteiger charge is 2.07. The van der Waals surface area contributed by atoms with Crippen molar-refractivity contribution < 1.29 is 0 Å². The fourth-order valence-electron chi connectivity index (χ4n) is 2.19. The van der Waals surface area contributed by atoms with Gasteiger partial charge in [-0.05, 0) is 46.2 Å². The van der Waals surface area contributed by atoms with Crippen molar-refractivity contribution in [3.05, 3.63) is 34.9 Å². The Morgan fingerprint density at radius 2 is 1.82 bits per heavy atom. The predicted octanol–water partition coefficient (Wildman–Crippen LogP) is 3.24. The average molecular weight is 229 g/mol. The quantitative estimate of drug-likeness (QED) is 0.764. The molecule has 0 aromatic heterocycles. The van der Waals surface area contributed by atoms with E-state index in [9.17, 15) is 0 Å². The Morgan fingerprint density at radius 1 is 1.18 bits per heavy atom. The summed E-state index contributed by atoms with van der Waals surface area (Å²) in [7, 11) is 2.03. The highest BCUT2D eigenvalue weighted by atomic mass is 14.9. The number of benzene rings is 1. The molecule has 17 heavy (non-hydrogen) atoms. The standard InChI is InChI=1S/C16H23N/c1-5-6-7-8-16(17-4)12-15-10-13(2)9-14(3)11-15/h9-11,16-17H,7-8,12H2,1-4H3. The van der Waals surface area contributed by atoms with E-state index in [0.717, 1.165) is 19.3 Å². The molecule has 0 spiro atoms. The zero-order valence-corrected chi connectivity index (χ0v) is 11.4. The van der Waals surface area contributed by atoms with Crippen LogP contribution in [0, 0.1) is 25.7 Å². The minimum absolute atomic E-state index is 0.525. The lowest BCUT2D eigenvalue weighted by Gasteiger charge is -2.15. The molecule has 1 aromatic rings. The van der Waals surface area contributed by atoms with Crippen LogP contribution in [0.3, 0.4) is 0 Å². The van der Waals surface area contributed by atoms with E-state index < -0.39 is 0 Å². The Labute approximate surface area is 106 Å². The summed E-state index contributed by atoms with van der Waals surface area (Å²) in [5, 5.41) is 3.38. The third-order valence-corrected chi connectivity index (χ3v) is 2.97. The summed E-state index contributed by atoms with van der Waals surface area (Å²) < 4.78 is 0. The van der Waals surface area contributed by atoms with Gasteiger partial charge in [0.2, 0.25) is 0 Å². The smallest absolute Gasteiger partial charge is 0.0114 e. The molecule has 1 aromatic carbocycles. The maximum Gasteiger partial charge on any atom is 0.0114 e. The Kier molecular flexibility index (Phi) is 5.80. The van der Waals surface area contributed by atoms with Crippen LogP contribution in [0.5, 0.6) is 0 Å². The average Bonchev–Trinajstić information content (AvgIpc) is 2.26. The van der Waals surface area contributed by atoms with Gasteiger partial charge in [-0.2, -0.15) is 0 Å². The SMILES string of the molecule is CC#CCCC(Cc1cc(C)cc(C)c1)NC. The van der Waals surface area contributed by atoms with Gasteiger partial charge in [0.1, 0.15) is 0 Å². The van der Waals surface area contributed by atoms with Crippen LogP contribution in [0.4, 0.5) is 0 Å². The van der Waals surface area contributed by atoms with Crippen molar-refractivity contribution in [3.63, 3.8) is 0 Å². The number of likely N-dealkylation sites (N-methyl/N-ethyl adjacent to an activating group) is 1. The predicted molar refractivity (Wildman–Crippen MR) is 75.2 cm³/mol. The van der Waals surface area contributed by atoms with Gasteiger partial charge >= 0.3 is 0 Å². The molecule has 1 rings (SSSR count). The summed E-state index contributed by atoms with van der Waals surface area (Å²) in [6, 6.07) is 7.31. The van der Waals surface area contributed by atoms with Crippen LogP contribution in [0.2, 0.25) is 0 Å². The molecule has 0 amide bonds. The summed E-state index contributed by atoms with van der Waals surface area (Å²) in [6.07, 6.45) is 3.18. The number of hydrogen-bond acceptors (Lipinski definition) is 1. The van der Waals surface area contributed by atoms with E-state index in [2.05, 4.69) is 49.2 Å². The molecule has 0 saturated heterocycles.